The van der Waals surface area contributed by atoms with E-state index < -0.39 is 11.6 Å². The van der Waals surface area contributed by atoms with E-state index in [-0.39, 0.29) is 31.4 Å². The topological polar surface area (TPSA) is 71.5 Å². The maximum atomic E-state index is 13.5. The molecular weight excluding hydrogens is 412 g/mol. The molecule has 1 N–H and O–H groups in total. The van der Waals surface area contributed by atoms with Gasteiger partial charge in [-0.1, -0.05) is 12.1 Å². The minimum atomic E-state index is -0.957. The van der Waals surface area contributed by atoms with Crippen molar-refractivity contribution in [3.8, 4) is 17.0 Å². The molecular formula is C21H17F2N3O3S. The van der Waals surface area contributed by atoms with Gasteiger partial charge in [-0.15, -0.1) is 11.3 Å². The summed E-state index contributed by atoms with van der Waals surface area (Å²) in [6.07, 6.45) is 0.0687. The summed E-state index contributed by atoms with van der Waals surface area (Å²) in [5.74, 6) is -1.81. The third-order valence-corrected chi connectivity index (χ3v) is 5.49. The number of fused-ring (bicyclic) bond motifs is 1. The van der Waals surface area contributed by atoms with Crippen molar-refractivity contribution < 1.29 is 23.1 Å². The lowest BCUT2D eigenvalue weighted by Crippen LogP contribution is -2.40. The van der Waals surface area contributed by atoms with E-state index in [0.717, 1.165) is 17.0 Å². The number of nitrogens with one attached hydrogen (secondary N) is 1. The Morgan fingerprint density at radius 1 is 1.23 bits per heavy atom. The van der Waals surface area contributed by atoms with E-state index >= 15 is 0 Å². The molecule has 2 heterocycles. The number of aryl methyl sites for hydroxylation is 1. The highest BCUT2D eigenvalue weighted by Crippen LogP contribution is 2.32. The van der Waals surface area contributed by atoms with Crippen LogP contribution in [-0.2, 0) is 9.59 Å². The van der Waals surface area contributed by atoms with Gasteiger partial charge in [0.25, 0.3) is 5.91 Å². The van der Waals surface area contributed by atoms with Gasteiger partial charge >= 0.3 is 0 Å². The van der Waals surface area contributed by atoms with Crippen LogP contribution in [0.2, 0.25) is 0 Å². The summed E-state index contributed by atoms with van der Waals surface area (Å²) < 4.78 is 32.1. The van der Waals surface area contributed by atoms with E-state index in [1.807, 2.05) is 6.07 Å². The van der Waals surface area contributed by atoms with Crippen LogP contribution in [0.1, 0.15) is 11.3 Å². The SMILES string of the molecule is Cc1sc(NC(=O)CCN2C(=O)COc3ccccc32)nc1-c1ccc(F)c(F)c1. The zero-order valence-corrected chi connectivity index (χ0v) is 16.8. The molecule has 6 nitrogen and oxygen atoms in total. The standard InChI is InChI=1S/C21H17F2N3O3S/c1-12-20(13-6-7-14(22)15(23)10-13)25-21(30-12)24-18(27)8-9-26-16-4-2-3-5-17(16)29-11-19(26)28/h2-7,10H,8-9,11H2,1H3,(H,24,25,27). The van der Waals surface area contributed by atoms with Crippen molar-refractivity contribution in [2.24, 2.45) is 0 Å². The predicted molar refractivity (Wildman–Crippen MR) is 110 cm³/mol. The Balaban J connectivity index is 1.43. The molecule has 0 fully saturated rings. The number of thiazole rings is 1. The summed E-state index contributed by atoms with van der Waals surface area (Å²) in [6.45, 7) is 1.92. The zero-order valence-electron chi connectivity index (χ0n) is 15.9. The number of hydrogen-bond donors (Lipinski definition) is 1. The summed E-state index contributed by atoms with van der Waals surface area (Å²) in [7, 11) is 0. The first kappa shape index (κ1) is 20.0. The number of anilines is 2. The fraction of sp³-hybridized carbons (Fsp3) is 0.190. The summed E-state index contributed by atoms with van der Waals surface area (Å²) in [5.41, 5.74) is 1.54. The Morgan fingerprint density at radius 2 is 2.03 bits per heavy atom. The number of ether oxygens (including phenoxy) is 1. The first-order valence-corrected chi connectivity index (χ1v) is 9.99. The average molecular weight is 429 g/mol. The number of amides is 2. The second-order valence-corrected chi connectivity index (χ2v) is 7.86. The van der Waals surface area contributed by atoms with Crippen LogP contribution < -0.4 is 15.0 Å². The Hall–Kier alpha value is -3.33. The zero-order chi connectivity index (χ0) is 21.3. The summed E-state index contributed by atoms with van der Waals surface area (Å²) in [6, 6.07) is 10.7. The predicted octanol–water partition coefficient (Wildman–Crippen LogP) is 4.15. The van der Waals surface area contributed by atoms with Crippen molar-refractivity contribution in [3.05, 3.63) is 59.0 Å². The van der Waals surface area contributed by atoms with Gasteiger partial charge in [-0.25, -0.2) is 13.8 Å². The highest BCUT2D eigenvalue weighted by Gasteiger charge is 2.25. The molecule has 0 bridgehead atoms. The van der Waals surface area contributed by atoms with Crippen molar-refractivity contribution in [2.75, 3.05) is 23.4 Å². The molecule has 4 rings (SSSR count). The van der Waals surface area contributed by atoms with Crippen LogP contribution in [-0.4, -0.2) is 29.9 Å². The van der Waals surface area contributed by atoms with Gasteiger partial charge in [0.05, 0.1) is 11.4 Å². The van der Waals surface area contributed by atoms with Crippen LogP contribution in [0.15, 0.2) is 42.5 Å². The van der Waals surface area contributed by atoms with E-state index in [1.165, 1.54) is 22.3 Å². The molecule has 9 heteroatoms. The van der Waals surface area contributed by atoms with E-state index in [2.05, 4.69) is 10.3 Å². The fourth-order valence-corrected chi connectivity index (χ4v) is 4.01. The van der Waals surface area contributed by atoms with Crippen LogP contribution in [0.3, 0.4) is 0 Å². The summed E-state index contributed by atoms with van der Waals surface area (Å²) in [4.78, 5) is 31.2. The van der Waals surface area contributed by atoms with Crippen LogP contribution in [0.4, 0.5) is 19.6 Å². The highest BCUT2D eigenvalue weighted by molar-refractivity contribution is 7.16. The maximum Gasteiger partial charge on any atom is 0.265 e. The Labute approximate surface area is 175 Å². The third kappa shape index (κ3) is 4.02. The summed E-state index contributed by atoms with van der Waals surface area (Å²) in [5, 5.41) is 3.06. The number of hydrogen-bond acceptors (Lipinski definition) is 5. The molecule has 0 atom stereocenters. The average Bonchev–Trinajstić information content (AvgIpc) is 3.09. The van der Waals surface area contributed by atoms with Gasteiger partial charge < -0.3 is 15.0 Å². The first-order valence-electron chi connectivity index (χ1n) is 9.17. The molecule has 0 saturated carbocycles. The highest BCUT2D eigenvalue weighted by atomic mass is 32.1. The first-order chi connectivity index (χ1) is 14.4. The van der Waals surface area contributed by atoms with Gasteiger partial charge in [-0.2, -0.15) is 0 Å². The molecule has 1 aliphatic heterocycles. The third-order valence-electron chi connectivity index (χ3n) is 4.61. The number of halogens is 2. The van der Waals surface area contributed by atoms with Gasteiger partial charge in [0.15, 0.2) is 23.4 Å². The number of carbonyl (C=O) groups excluding carboxylic acids is 2. The molecule has 2 amide bonds. The lowest BCUT2D eigenvalue weighted by molar-refractivity contribution is -0.121. The number of aromatic nitrogens is 1. The minimum absolute atomic E-state index is 0.0676. The Kier molecular flexibility index (Phi) is 5.45. The minimum Gasteiger partial charge on any atom is -0.482 e. The van der Waals surface area contributed by atoms with Gasteiger partial charge in [0.1, 0.15) is 5.75 Å². The molecule has 0 saturated heterocycles. The van der Waals surface area contributed by atoms with Crippen molar-refractivity contribution in [1.82, 2.24) is 4.98 Å². The van der Waals surface area contributed by atoms with Gasteiger partial charge in [0.2, 0.25) is 5.91 Å². The molecule has 30 heavy (non-hydrogen) atoms. The van der Waals surface area contributed by atoms with Crippen LogP contribution >= 0.6 is 11.3 Å². The number of nitrogens with zero attached hydrogens (tertiary/aromatic N) is 2. The second kappa shape index (κ2) is 8.19. The van der Waals surface area contributed by atoms with Crippen molar-refractivity contribution in [2.45, 2.75) is 13.3 Å². The molecule has 154 valence electrons. The van der Waals surface area contributed by atoms with Crippen LogP contribution in [0.5, 0.6) is 5.75 Å². The molecule has 2 aromatic carbocycles. The van der Waals surface area contributed by atoms with Crippen LogP contribution in [0, 0.1) is 18.6 Å². The lowest BCUT2D eigenvalue weighted by Gasteiger charge is -2.29. The van der Waals surface area contributed by atoms with E-state index in [0.29, 0.717) is 27.8 Å². The molecule has 1 aliphatic rings. The van der Waals surface area contributed by atoms with Gasteiger partial charge in [-0.05, 0) is 37.3 Å². The molecule has 0 unspecified atom stereocenters. The van der Waals surface area contributed by atoms with Crippen molar-refractivity contribution in [1.29, 1.82) is 0 Å². The number of rotatable bonds is 5. The van der Waals surface area contributed by atoms with E-state index in [9.17, 15) is 18.4 Å². The number of para-hydroxylation sites is 2. The van der Waals surface area contributed by atoms with Gasteiger partial charge in [-0.3, -0.25) is 9.59 Å². The second-order valence-electron chi connectivity index (χ2n) is 6.65. The van der Waals surface area contributed by atoms with Gasteiger partial charge in [0, 0.05) is 23.4 Å². The molecule has 0 aliphatic carbocycles. The molecule has 1 aromatic heterocycles. The Morgan fingerprint density at radius 3 is 2.83 bits per heavy atom. The lowest BCUT2D eigenvalue weighted by atomic mass is 10.1. The van der Waals surface area contributed by atoms with Crippen molar-refractivity contribution in [3.63, 3.8) is 0 Å². The molecule has 0 radical (unpaired) electrons. The normalized spacial score (nSPS) is 13.0. The van der Waals surface area contributed by atoms with Crippen molar-refractivity contribution >= 4 is 34.0 Å². The maximum absolute atomic E-state index is 13.5. The van der Waals surface area contributed by atoms with E-state index in [4.69, 9.17) is 4.74 Å². The largest absolute Gasteiger partial charge is 0.482 e. The number of carbonyl (C=O) groups is 2. The summed E-state index contributed by atoms with van der Waals surface area (Å²) >= 11 is 1.24. The van der Waals surface area contributed by atoms with E-state index in [1.54, 1.807) is 25.1 Å². The molecule has 0 spiro atoms. The monoisotopic (exact) mass is 429 g/mol. The fourth-order valence-electron chi connectivity index (χ4n) is 3.16. The number of benzene rings is 2. The quantitative estimate of drug-likeness (QED) is 0.662. The smallest absolute Gasteiger partial charge is 0.265 e. The van der Waals surface area contributed by atoms with Crippen LogP contribution in [0.25, 0.3) is 11.3 Å². The Bertz CT molecular complexity index is 1130. The molecule has 3 aromatic rings.